The van der Waals surface area contributed by atoms with Crippen molar-refractivity contribution in [3.63, 3.8) is 0 Å². The predicted octanol–water partition coefficient (Wildman–Crippen LogP) is 5.56. The lowest BCUT2D eigenvalue weighted by molar-refractivity contribution is -0.122. The zero-order valence-corrected chi connectivity index (χ0v) is 19.9. The molecule has 2 aromatic carbocycles. The molecule has 0 aliphatic carbocycles. The quantitative estimate of drug-likeness (QED) is 0.502. The normalized spacial score (nSPS) is 16.7. The van der Waals surface area contributed by atoms with E-state index in [0.29, 0.717) is 36.9 Å². The van der Waals surface area contributed by atoms with Crippen molar-refractivity contribution in [3.05, 3.63) is 49.7 Å². The van der Waals surface area contributed by atoms with Crippen LogP contribution in [0.25, 0.3) is 6.08 Å². The molecule has 1 heterocycles. The Morgan fingerprint density at radius 2 is 1.86 bits per heavy atom. The van der Waals surface area contributed by atoms with Crippen molar-refractivity contribution in [1.82, 2.24) is 4.90 Å². The van der Waals surface area contributed by atoms with Crippen molar-refractivity contribution in [1.29, 1.82) is 0 Å². The first kappa shape index (κ1) is 21.7. The summed E-state index contributed by atoms with van der Waals surface area (Å²) in [5.41, 5.74) is 1.43. The van der Waals surface area contributed by atoms with E-state index in [-0.39, 0.29) is 11.7 Å². The van der Waals surface area contributed by atoms with E-state index in [1.807, 2.05) is 31.2 Å². The number of amides is 1. The number of rotatable bonds is 5. The first-order chi connectivity index (χ1) is 13.9. The Bertz CT molecular complexity index is 1010. The number of nitrogens with zero attached hydrogens (tertiary/aromatic N) is 2. The number of carbonyl (C=O) groups is 1. The van der Waals surface area contributed by atoms with Gasteiger partial charge < -0.3 is 14.6 Å². The molecular weight excluding hydrogens is 524 g/mol. The number of methoxy groups -OCH3 is 2. The molecule has 2 aromatic rings. The number of benzene rings is 2. The number of phenols is 1. The number of aliphatic imine (C=N–C) groups is 1. The number of hydrogen-bond donors (Lipinski definition) is 1. The molecule has 0 saturated carbocycles. The second kappa shape index (κ2) is 9.23. The van der Waals surface area contributed by atoms with Gasteiger partial charge in [-0.05, 0) is 92.5 Å². The minimum absolute atomic E-state index is 0.0103. The number of ether oxygens (including phenoxy) is 2. The lowest BCUT2D eigenvalue weighted by Gasteiger charge is -2.12. The first-order valence-corrected chi connectivity index (χ1v) is 11.0. The van der Waals surface area contributed by atoms with Crippen LogP contribution < -0.4 is 9.47 Å². The number of aromatic hydroxyl groups is 1. The summed E-state index contributed by atoms with van der Waals surface area (Å²) in [5.74, 6) is 0.916. The number of halogens is 2. The predicted molar refractivity (Wildman–Crippen MR) is 123 cm³/mol. The fourth-order valence-electron chi connectivity index (χ4n) is 2.65. The second-order valence-electron chi connectivity index (χ2n) is 5.90. The summed E-state index contributed by atoms with van der Waals surface area (Å²) < 4.78 is 11.5. The van der Waals surface area contributed by atoms with Gasteiger partial charge in [0.1, 0.15) is 5.75 Å². The van der Waals surface area contributed by atoms with Crippen molar-refractivity contribution in [3.8, 4) is 17.2 Å². The zero-order valence-electron chi connectivity index (χ0n) is 15.9. The molecule has 9 heteroatoms. The molecule has 6 nitrogen and oxygen atoms in total. The maximum Gasteiger partial charge on any atom is 0.266 e. The van der Waals surface area contributed by atoms with Crippen molar-refractivity contribution >= 4 is 66.5 Å². The van der Waals surface area contributed by atoms with Gasteiger partial charge in [0.25, 0.3) is 5.91 Å². The highest BCUT2D eigenvalue weighted by atomic mass is 79.9. The van der Waals surface area contributed by atoms with Crippen LogP contribution in [0.3, 0.4) is 0 Å². The van der Waals surface area contributed by atoms with E-state index < -0.39 is 0 Å². The molecule has 3 rings (SSSR count). The van der Waals surface area contributed by atoms with Crippen LogP contribution in [0.15, 0.2) is 49.2 Å². The molecule has 1 fully saturated rings. The van der Waals surface area contributed by atoms with Gasteiger partial charge in [0.2, 0.25) is 0 Å². The molecule has 1 aliphatic rings. The monoisotopic (exact) mass is 540 g/mol. The SMILES string of the molecule is CCN1C(=O)/C(=C\c2cc(OC)c(O)c(Br)c2Br)SC1=Nc1ccc(OC)cc1. The zero-order chi connectivity index (χ0) is 21.1. The molecule has 1 N–H and O–H groups in total. The van der Waals surface area contributed by atoms with E-state index in [1.165, 1.54) is 18.9 Å². The third kappa shape index (κ3) is 4.46. The molecule has 1 saturated heterocycles. The number of carbonyl (C=O) groups excluding carboxylic acids is 1. The number of thioether (sulfide) groups is 1. The molecule has 0 bridgehead atoms. The fourth-order valence-corrected chi connectivity index (χ4v) is 4.55. The summed E-state index contributed by atoms with van der Waals surface area (Å²) in [6.07, 6.45) is 1.75. The summed E-state index contributed by atoms with van der Waals surface area (Å²) in [4.78, 5) is 19.7. The van der Waals surface area contributed by atoms with Crippen molar-refractivity contribution < 1.29 is 19.4 Å². The molecule has 0 spiro atoms. The largest absolute Gasteiger partial charge is 0.503 e. The average molecular weight is 542 g/mol. The maximum atomic E-state index is 12.9. The first-order valence-electron chi connectivity index (χ1n) is 8.58. The summed E-state index contributed by atoms with van der Waals surface area (Å²) in [6.45, 7) is 2.41. The van der Waals surface area contributed by atoms with E-state index >= 15 is 0 Å². The van der Waals surface area contributed by atoms with Gasteiger partial charge in [0.05, 0.1) is 29.3 Å². The van der Waals surface area contributed by atoms with E-state index in [4.69, 9.17) is 9.47 Å². The Morgan fingerprint density at radius 1 is 1.17 bits per heavy atom. The van der Waals surface area contributed by atoms with Gasteiger partial charge in [-0.15, -0.1) is 0 Å². The Labute approximate surface area is 189 Å². The Morgan fingerprint density at radius 3 is 2.45 bits per heavy atom. The highest BCUT2D eigenvalue weighted by molar-refractivity contribution is 9.13. The molecule has 29 heavy (non-hydrogen) atoms. The van der Waals surface area contributed by atoms with Gasteiger partial charge in [-0.2, -0.15) is 0 Å². The van der Waals surface area contributed by atoms with Gasteiger partial charge in [0.15, 0.2) is 16.7 Å². The summed E-state index contributed by atoms with van der Waals surface area (Å²) in [7, 11) is 3.08. The van der Waals surface area contributed by atoms with E-state index in [9.17, 15) is 9.90 Å². The summed E-state index contributed by atoms with van der Waals surface area (Å²) in [5, 5.41) is 10.7. The molecule has 1 amide bonds. The third-order valence-electron chi connectivity index (χ3n) is 4.18. The molecule has 1 aliphatic heterocycles. The minimum Gasteiger partial charge on any atom is -0.503 e. The van der Waals surface area contributed by atoms with E-state index in [1.54, 1.807) is 24.2 Å². The van der Waals surface area contributed by atoms with Crippen molar-refractivity contribution in [2.75, 3.05) is 20.8 Å². The van der Waals surface area contributed by atoms with Gasteiger partial charge in [-0.1, -0.05) is 0 Å². The number of hydrogen-bond acceptors (Lipinski definition) is 6. The van der Waals surface area contributed by atoms with Crippen LogP contribution in [0, 0.1) is 0 Å². The second-order valence-corrected chi connectivity index (χ2v) is 8.49. The van der Waals surface area contributed by atoms with Crippen LogP contribution in [-0.2, 0) is 4.79 Å². The Balaban J connectivity index is 1.98. The van der Waals surface area contributed by atoms with Gasteiger partial charge in [-0.25, -0.2) is 4.99 Å². The number of likely N-dealkylation sites (N-methyl/N-ethyl adjacent to an activating group) is 1. The van der Waals surface area contributed by atoms with E-state index in [0.717, 1.165) is 11.4 Å². The third-order valence-corrected chi connectivity index (χ3v) is 7.35. The lowest BCUT2D eigenvalue weighted by Crippen LogP contribution is -2.28. The van der Waals surface area contributed by atoms with Crippen LogP contribution in [0.5, 0.6) is 17.2 Å². The van der Waals surface area contributed by atoms with Gasteiger partial charge >= 0.3 is 0 Å². The van der Waals surface area contributed by atoms with Gasteiger partial charge in [0, 0.05) is 11.0 Å². The topological polar surface area (TPSA) is 71.4 Å². The summed E-state index contributed by atoms with van der Waals surface area (Å²) in [6, 6.07) is 8.99. The minimum atomic E-state index is -0.125. The number of phenolic OH excluding ortho intramolecular Hbond substituents is 1. The van der Waals surface area contributed by atoms with Crippen LogP contribution in [0.2, 0.25) is 0 Å². The van der Waals surface area contributed by atoms with Crippen LogP contribution in [0.4, 0.5) is 5.69 Å². The van der Waals surface area contributed by atoms with Crippen LogP contribution in [-0.4, -0.2) is 41.8 Å². The molecule has 0 atom stereocenters. The van der Waals surface area contributed by atoms with Crippen molar-refractivity contribution in [2.45, 2.75) is 6.92 Å². The van der Waals surface area contributed by atoms with Gasteiger partial charge in [-0.3, -0.25) is 9.69 Å². The molecular formula is C20H18Br2N2O4S. The smallest absolute Gasteiger partial charge is 0.266 e. The molecule has 0 aromatic heterocycles. The highest BCUT2D eigenvalue weighted by Crippen LogP contribution is 2.43. The average Bonchev–Trinajstić information content (AvgIpc) is 3.02. The molecule has 0 unspecified atom stereocenters. The maximum absolute atomic E-state index is 12.9. The standard InChI is InChI=1S/C20H18Br2N2O4S/c1-4-24-19(26)15(10-11-9-14(28-3)18(25)17(22)16(11)21)29-20(24)23-12-5-7-13(27-2)8-6-12/h5-10,25H,4H2,1-3H3/b15-10+,23-20?. The Kier molecular flexibility index (Phi) is 6.92. The number of amidine groups is 1. The molecule has 0 radical (unpaired) electrons. The van der Waals surface area contributed by atoms with E-state index in [2.05, 4.69) is 36.9 Å². The fraction of sp³-hybridized carbons (Fsp3) is 0.200. The highest BCUT2D eigenvalue weighted by Gasteiger charge is 2.32. The molecule has 152 valence electrons. The lowest BCUT2D eigenvalue weighted by atomic mass is 10.2. The van der Waals surface area contributed by atoms with Crippen LogP contribution in [0.1, 0.15) is 12.5 Å². The van der Waals surface area contributed by atoms with Crippen molar-refractivity contribution in [2.24, 2.45) is 4.99 Å². The van der Waals surface area contributed by atoms with Crippen LogP contribution >= 0.6 is 43.6 Å². The summed E-state index contributed by atoms with van der Waals surface area (Å²) >= 11 is 8.09. The Hall–Kier alpha value is -1.97.